The smallest absolute Gasteiger partial charge is 0.410 e. The molecule has 0 unspecified atom stereocenters. The van der Waals surface area contributed by atoms with Gasteiger partial charge in [0.2, 0.25) is 0 Å². The van der Waals surface area contributed by atoms with Crippen LogP contribution in [-0.4, -0.2) is 52.7 Å². The minimum absolute atomic E-state index is 0.263. The van der Waals surface area contributed by atoms with Gasteiger partial charge in [0.15, 0.2) is 0 Å². The number of aromatic nitrogens is 2. The van der Waals surface area contributed by atoms with E-state index < -0.39 is 5.60 Å². The molecule has 0 aliphatic carbocycles. The predicted octanol–water partition coefficient (Wildman–Crippen LogP) is 3.34. The number of carbonyl (C=O) groups excluding carboxylic acids is 1. The summed E-state index contributed by atoms with van der Waals surface area (Å²) in [5, 5.41) is 0.649. The second-order valence-electron chi connectivity index (χ2n) is 6.82. The van der Waals surface area contributed by atoms with E-state index in [9.17, 15) is 4.79 Å². The Bertz CT molecular complexity index is 752. The summed E-state index contributed by atoms with van der Waals surface area (Å²) < 4.78 is 5.41. The second kappa shape index (κ2) is 6.43. The number of rotatable bonds is 1. The van der Waals surface area contributed by atoms with Crippen LogP contribution in [0, 0.1) is 0 Å². The number of amides is 1. The van der Waals surface area contributed by atoms with E-state index in [2.05, 4.69) is 14.9 Å². The van der Waals surface area contributed by atoms with Crippen molar-refractivity contribution in [2.75, 3.05) is 31.1 Å². The quantitative estimate of drug-likeness (QED) is 0.791. The molecule has 3 rings (SSSR count). The maximum absolute atomic E-state index is 12.1. The zero-order chi connectivity index (χ0) is 17.3. The fourth-order valence-electron chi connectivity index (χ4n) is 2.57. The Kier molecular flexibility index (Phi) is 4.49. The van der Waals surface area contributed by atoms with Crippen LogP contribution in [0.3, 0.4) is 0 Å². The first kappa shape index (κ1) is 16.8. The van der Waals surface area contributed by atoms with Gasteiger partial charge in [-0.25, -0.2) is 9.78 Å². The molecule has 0 spiro atoms. The number of ether oxygens (including phenoxy) is 1. The molecule has 1 saturated heterocycles. The summed E-state index contributed by atoms with van der Waals surface area (Å²) in [6.45, 7) is 8.23. The first-order chi connectivity index (χ1) is 11.3. The van der Waals surface area contributed by atoms with Gasteiger partial charge in [0.05, 0.1) is 17.2 Å². The fourth-order valence-corrected chi connectivity index (χ4v) is 2.74. The molecule has 1 aromatic heterocycles. The Hall–Kier alpha value is -2.08. The van der Waals surface area contributed by atoms with Gasteiger partial charge in [-0.2, -0.15) is 0 Å². The first-order valence-corrected chi connectivity index (χ1v) is 8.35. The van der Waals surface area contributed by atoms with Crippen molar-refractivity contribution < 1.29 is 9.53 Å². The van der Waals surface area contributed by atoms with Crippen LogP contribution < -0.4 is 4.90 Å². The third-order valence-electron chi connectivity index (χ3n) is 3.75. The lowest BCUT2D eigenvalue weighted by atomic mass is 10.2. The fraction of sp³-hybridized carbons (Fsp3) is 0.471. The lowest BCUT2D eigenvalue weighted by Gasteiger charge is -2.36. The van der Waals surface area contributed by atoms with Crippen LogP contribution in [0.1, 0.15) is 20.8 Å². The van der Waals surface area contributed by atoms with Crippen LogP contribution in [0.15, 0.2) is 24.4 Å². The summed E-state index contributed by atoms with van der Waals surface area (Å²) in [5.74, 6) is 0.814. The summed E-state index contributed by atoms with van der Waals surface area (Å²) in [6, 6.07) is 5.47. The summed E-state index contributed by atoms with van der Waals surface area (Å²) in [6.07, 6.45) is 1.49. The first-order valence-electron chi connectivity index (χ1n) is 7.97. The van der Waals surface area contributed by atoms with Crippen molar-refractivity contribution in [1.82, 2.24) is 14.9 Å². The summed E-state index contributed by atoms with van der Waals surface area (Å²) in [5.41, 5.74) is 1.12. The number of halogens is 1. The number of nitrogens with zero attached hydrogens (tertiary/aromatic N) is 4. The second-order valence-corrected chi connectivity index (χ2v) is 7.25. The van der Waals surface area contributed by atoms with Crippen molar-refractivity contribution >= 4 is 34.5 Å². The van der Waals surface area contributed by atoms with Crippen molar-refractivity contribution in [3.8, 4) is 0 Å². The van der Waals surface area contributed by atoms with E-state index in [1.54, 1.807) is 17.2 Å². The van der Waals surface area contributed by atoms with E-state index in [1.807, 2.05) is 32.9 Å². The highest BCUT2D eigenvalue weighted by Crippen LogP contribution is 2.20. The molecule has 7 heteroatoms. The van der Waals surface area contributed by atoms with E-state index >= 15 is 0 Å². The minimum atomic E-state index is -0.473. The van der Waals surface area contributed by atoms with E-state index in [-0.39, 0.29) is 6.09 Å². The van der Waals surface area contributed by atoms with Crippen LogP contribution in [0.25, 0.3) is 11.0 Å². The molecule has 2 heterocycles. The average Bonchev–Trinajstić information content (AvgIpc) is 2.53. The molecule has 2 aromatic rings. The molecule has 128 valence electrons. The summed E-state index contributed by atoms with van der Waals surface area (Å²) in [7, 11) is 0. The zero-order valence-corrected chi connectivity index (χ0v) is 14.9. The Morgan fingerprint density at radius 2 is 1.88 bits per heavy atom. The van der Waals surface area contributed by atoms with Gasteiger partial charge in [-0.1, -0.05) is 11.6 Å². The van der Waals surface area contributed by atoms with E-state index in [0.29, 0.717) is 31.2 Å². The van der Waals surface area contributed by atoms with Gasteiger partial charge in [0, 0.05) is 31.2 Å². The highest BCUT2D eigenvalue weighted by molar-refractivity contribution is 6.31. The van der Waals surface area contributed by atoms with Gasteiger partial charge in [-0.05, 0) is 39.0 Å². The zero-order valence-electron chi connectivity index (χ0n) is 14.1. The normalized spacial score (nSPS) is 15.7. The van der Waals surface area contributed by atoms with Crippen molar-refractivity contribution in [2.45, 2.75) is 26.4 Å². The van der Waals surface area contributed by atoms with Crippen molar-refractivity contribution in [3.63, 3.8) is 0 Å². The number of carbonyl (C=O) groups is 1. The number of hydrogen-bond donors (Lipinski definition) is 0. The maximum Gasteiger partial charge on any atom is 0.410 e. The van der Waals surface area contributed by atoms with E-state index in [0.717, 1.165) is 16.9 Å². The monoisotopic (exact) mass is 348 g/mol. The van der Waals surface area contributed by atoms with Gasteiger partial charge in [0.1, 0.15) is 11.4 Å². The van der Waals surface area contributed by atoms with Crippen molar-refractivity contribution in [3.05, 3.63) is 29.4 Å². The Morgan fingerprint density at radius 3 is 2.54 bits per heavy atom. The Labute approximate surface area is 146 Å². The number of benzene rings is 1. The third-order valence-corrected chi connectivity index (χ3v) is 3.98. The van der Waals surface area contributed by atoms with E-state index in [1.165, 1.54) is 0 Å². The van der Waals surface area contributed by atoms with Crippen LogP contribution in [-0.2, 0) is 4.74 Å². The topological polar surface area (TPSA) is 58.6 Å². The lowest BCUT2D eigenvalue weighted by molar-refractivity contribution is 0.0240. The minimum Gasteiger partial charge on any atom is -0.444 e. The van der Waals surface area contributed by atoms with Crippen LogP contribution >= 0.6 is 11.6 Å². The predicted molar refractivity (Wildman–Crippen MR) is 94.6 cm³/mol. The number of anilines is 1. The largest absolute Gasteiger partial charge is 0.444 e. The van der Waals surface area contributed by atoms with Crippen LogP contribution in [0.2, 0.25) is 5.02 Å². The van der Waals surface area contributed by atoms with Gasteiger partial charge in [-0.3, -0.25) is 4.98 Å². The molecule has 0 atom stereocenters. The molecule has 1 amide bonds. The Morgan fingerprint density at radius 1 is 1.17 bits per heavy atom. The molecule has 1 aliphatic heterocycles. The van der Waals surface area contributed by atoms with Gasteiger partial charge >= 0.3 is 6.09 Å². The van der Waals surface area contributed by atoms with Gasteiger partial charge in [-0.15, -0.1) is 0 Å². The summed E-state index contributed by atoms with van der Waals surface area (Å²) >= 11 is 5.97. The molecule has 0 saturated carbocycles. The lowest BCUT2D eigenvalue weighted by Crippen LogP contribution is -2.50. The molecule has 0 N–H and O–H groups in total. The summed E-state index contributed by atoms with van der Waals surface area (Å²) in [4.78, 5) is 25.0. The highest BCUT2D eigenvalue weighted by Gasteiger charge is 2.26. The van der Waals surface area contributed by atoms with Crippen molar-refractivity contribution in [2.24, 2.45) is 0 Å². The molecule has 1 aliphatic rings. The number of hydrogen-bond acceptors (Lipinski definition) is 5. The molecular formula is C17H21ClN4O2. The van der Waals surface area contributed by atoms with Gasteiger partial charge < -0.3 is 14.5 Å². The SMILES string of the molecule is CC(C)(C)OC(=O)N1CCN(c2cnc3cc(Cl)ccc3n2)CC1. The van der Waals surface area contributed by atoms with Gasteiger partial charge in [0.25, 0.3) is 0 Å². The third kappa shape index (κ3) is 3.87. The number of piperazine rings is 1. The molecular weight excluding hydrogens is 328 g/mol. The van der Waals surface area contributed by atoms with Crippen LogP contribution in [0.4, 0.5) is 10.6 Å². The molecule has 0 bridgehead atoms. The molecule has 1 fully saturated rings. The standard InChI is InChI=1S/C17H21ClN4O2/c1-17(2,3)24-16(23)22-8-6-21(7-9-22)15-11-19-14-10-12(18)4-5-13(14)20-15/h4-5,10-11H,6-9H2,1-3H3. The number of fused-ring (bicyclic) bond motifs is 1. The molecule has 24 heavy (non-hydrogen) atoms. The van der Waals surface area contributed by atoms with Crippen LogP contribution in [0.5, 0.6) is 0 Å². The average molecular weight is 349 g/mol. The van der Waals surface area contributed by atoms with E-state index in [4.69, 9.17) is 16.3 Å². The van der Waals surface area contributed by atoms with Crippen molar-refractivity contribution in [1.29, 1.82) is 0 Å². The maximum atomic E-state index is 12.1. The molecule has 6 nitrogen and oxygen atoms in total. The highest BCUT2D eigenvalue weighted by atomic mass is 35.5. The molecule has 0 radical (unpaired) electrons. The molecule has 1 aromatic carbocycles. The Balaban J connectivity index is 1.66.